The van der Waals surface area contributed by atoms with E-state index in [1.54, 1.807) is 17.9 Å². The average Bonchev–Trinajstić information content (AvgIpc) is 2.16. The van der Waals surface area contributed by atoms with Gasteiger partial charge in [-0.25, -0.2) is 0 Å². The first-order valence-electron chi connectivity index (χ1n) is 3.98. The fourth-order valence-corrected chi connectivity index (χ4v) is 1.13. The fourth-order valence-electron chi connectivity index (χ4n) is 1.13. The van der Waals surface area contributed by atoms with Crippen LogP contribution in [0.4, 0.5) is 0 Å². The van der Waals surface area contributed by atoms with Crippen LogP contribution in [-0.4, -0.2) is 20.9 Å². The predicted octanol–water partition coefficient (Wildman–Crippen LogP) is 1.22. The Bertz CT molecular complexity index is 156. The lowest BCUT2D eigenvalue weighted by Crippen LogP contribution is -2.43. The van der Waals surface area contributed by atoms with Crippen LogP contribution in [0.25, 0.3) is 0 Å². The topological polar surface area (TPSA) is 18.5 Å². The second kappa shape index (κ2) is 4.38. The van der Waals surface area contributed by atoms with Crippen molar-refractivity contribution in [3.8, 4) is 0 Å². The largest absolute Gasteiger partial charge is 0.469 e. The highest BCUT2D eigenvalue weighted by Crippen LogP contribution is 2.13. The molecule has 1 aliphatic rings. The van der Waals surface area contributed by atoms with Crippen molar-refractivity contribution in [2.45, 2.75) is 6.22 Å². The standard InChI is InChI=1S/C7H11B3O2/c1-4-8-7-9(5-2)12-10(6-3)11-8/h4-6H,1-3,7H2. The van der Waals surface area contributed by atoms with Crippen LogP contribution in [0.15, 0.2) is 37.7 Å². The molecule has 0 saturated carbocycles. The van der Waals surface area contributed by atoms with Gasteiger partial charge in [-0.2, -0.15) is 0 Å². The summed E-state index contributed by atoms with van der Waals surface area (Å²) in [6, 6.07) is 0. The van der Waals surface area contributed by atoms with Gasteiger partial charge in [0, 0.05) is 0 Å². The van der Waals surface area contributed by atoms with Crippen molar-refractivity contribution in [3.05, 3.63) is 37.7 Å². The summed E-state index contributed by atoms with van der Waals surface area (Å²) in [4.78, 5) is 0. The SMILES string of the molecule is C=CB1CB(C=C)OB(C=C)O1. The monoisotopic (exact) mass is 160 g/mol. The highest BCUT2D eigenvalue weighted by molar-refractivity contribution is 6.86. The predicted molar refractivity (Wildman–Crippen MR) is 54.8 cm³/mol. The van der Waals surface area contributed by atoms with Gasteiger partial charge in [0.1, 0.15) is 0 Å². The summed E-state index contributed by atoms with van der Waals surface area (Å²) in [7, 11) is -0.329. The van der Waals surface area contributed by atoms with Crippen molar-refractivity contribution in [2.75, 3.05) is 0 Å². The van der Waals surface area contributed by atoms with Gasteiger partial charge in [-0.05, 0) is 6.22 Å². The van der Waals surface area contributed by atoms with E-state index in [-0.39, 0.29) is 20.9 Å². The van der Waals surface area contributed by atoms with Crippen molar-refractivity contribution in [3.63, 3.8) is 0 Å². The Morgan fingerprint density at radius 3 is 1.75 bits per heavy atom. The minimum atomic E-state index is -0.329. The number of hydrogen-bond donors (Lipinski definition) is 0. The quantitative estimate of drug-likeness (QED) is 0.577. The lowest BCUT2D eigenvalue weighted by molar-refractivity contribution is 0.439. The molecule has 5 heteroatoms. The molecule has 0 unspecified atom stereocenters. The molecule has 0 aromatic heterocycles. The van der Waals surface area contributed by atoms with Gasteiger partial charge in [0.05, 0.1) is 0 Å². The van der Waals surface area contributed by atoms with E-state index >= 15 is 0 Å². The van der Waals surface area contributed by atoms with Crippen molar-refractivity contribution in [1.82, 2.24) is 0 Å². The van der Waals surface area contributed by atoms with Gasteiger partial charge >= 0.3 is 7.12 Å². The van der Waals surface area contributed by atoms with Crippen LogP contribution in [0.2, 0.25) is 6.22 Å². The Kier molecular flexibility index (Phi) is 3.44. The first-order chi connectivity index (χ1) is 5.80. The van der Waals surface area contributed by atoms with Crippen LogP contribution in [0.3, 0.4) is 0 Å². The lowest BCUT2D eigenvalue weighted by Gasteiger charge is -2.26. The van der Waals surface area contributed by atoms with Crippen LogP contribution in [-0.2, 0) is 9.14 Å². The van der Waals surface area contributed by atoms with Gasteiger partial charge in [-0.3, -0.25) is 0 Å². The molecule has 0 spiro atoms. The maximum Gasteiger partial charge on any atom is 0.455 e. The summed E-state index contributed by atoms with van der Waals surface area (Å²) in [5.41, 5.74) is 0. The first kappa shape index (κ1) is 9.42. The maximum absolute atomic E-state index is 5.41. The molecule has 1 rings (SSSR count). The molecule has 1 aliphatic heterocycles. The van der Waals surface area contributed by atoms with Crippen molar-refractivity contribution in [2.24, 2.45) is 0 Å². The molecule has 0 aliphatic carbocycles. The van der Waals surface area contributed by atoms with Crippen LogP contribution in [0.5, 0.6) is 0 Å². The third kappa shape index (κ3) is 2.16. The van der Waals surface area contributed by atoms with Gasteiger partial charge in [-0.1, -0.05) is 17.9 Å². The molecule has 60 valence electrons. The van der Waals surface area contributed by atoms with Crippen molar-refractivity contribution >= 4 is 20.9 Å². The summed E-state index contributed by atoms with van der Waals surface area (Å²) in [6.45, 7) is 11.0. The molecule has 1 fully saturated rings. The molecule has 1 saturated heterocycles. The Morgan fingerprint density at radius 1 is 0.917 bits per heavy atom. The fraction of sp³-hybridized carbons (Fsp3) is 0.143. The number of rotatable bonds is 3. The molecule has 0 atom stereocenters. The Balaban J connectivity index is 2.57. The molecular weight excluding hydrogens is 149 g/mol. The molecule has 0 bridgehead atoms. The smallest absolute Gasteiger partial charge is 0.455 e. The molecule has 0 radical (unpaired) electrons. The normalized spacial score (nSPS) is 17.5. The Hall–Kier alpha value is -0.665. The zero-order valence-corrected chi connectivity index (χ0v) is 7.11. The summed E-state index contributed by atoms with van der Waals surface area (Å²) < 4.78 is 10.8. The molecular formula is C7H11B3O2. The maximum atomic E-state index is 5.41. The van der Waals surface area contributed by atoms with Crippen LogP contribution in [0.1, 0.15) is 0 Å². The summed E-state index contributed by atoms with van der Waals surface area (Å²) in [6.07, 6.45) is 0.789. The van der Waals surface area contributed by atoms with E-state index in [9.17, 15) is 0 Å². The molecule has 12 heavy (non-hydrogen) atoms. The first-order valence-corrected chi connectivity index (χ1v) is 3.98. The van der Waals surface area contributed by atoms with Gasteiger partial charge in [0.2, 0.25) is 0 Å². The third-order valence-electron chi connectivity index (χ3n) is 1.80. The third-order valence-corrected chi connectivity index (χ3v) is 1.80. The zero-order valence-electron chi connectivity index (χ0n) is 7.11. The van der Waals surface area contributed by atoms with Crippen LogP contribution >= 0.6 is 0 Å². The second-order valence-corrected chi connectivity index (χ2v) is 2.66. The molecule has 1 heterocycles. The van der Waals surface area contributed by atoms with E-state index in [2.05, 4.69) is 19.7 Å². The van der Waals surface area contributed by atoms with Gasteiger partial charge in [0.25, 0.3) is 13.8 Å². The highest BCUT2D eigenvalue weighted by Gasteiger charge is 2.33. The highest BCUT2D eigenvalue weighted by atomic mass is 16.6. The Labute approximate surface area is 74.7 Å². The molecule has 0 N–H and O–H groups in total. The second-order valence-electron chi connectivity index (χ2n) is 2.66. The Morgan fingerprint density at radius 2 is 1.42 bits per heavy atom. The van der Waals surface area contributed by atoms with Crippen molar-refractivity contribution < 1.29 is 9.14 Å². The van der Waals surface area contributed by atoms with Crippen LogP contribution in [0, 0.1) is 0 Å². The van der Waals surface area contributed by atoms with Crippen LogP contribution < -0.4 is 0 Å². The minimum Gasteiger partial charge on any atom is -0.469 e. The van der Waals surface area contributed by atoms with E-state index in [0.29, 0.717) is 0 Å². The van der Waals surface area contributed by atoms with Crippen molar-refractivity contribution in [1.29, 1.82) is 0 Å². The van der Waals surface area contributed by atoms with Gasteiger partial charge in [-0.15, -0.1) is 19.7 Å². The summed E-state index contributed by atoms with van der Waals surface area (Å²) in [5.74, 6) is 5.18. The zero-order chi connectivity index (χ0) is 8.97. The van der Waals surface area contributed by atoms with E-state index in [1.807, 2.05) is 0 Å². The average molecular weight is 160 g/mol. The van der Waals surface area contributed by atoms with E-state index in [0.717, 1.165) is 6.22 Å². The summed E-state index contributed by atoms with van der Waals surface area (Å²) in [5, 5.41) is 0. The lowest BCUT2D eigenvalue weighted by atomic mass is 9.41. The molecule has 2 nitrogen and oxygen atoms in total. The molecule has 0 aromatic rings. The molecule has 0 amide bonds. The summed E-state index contributed by atoms with van der Waals surface area (Å²) >= 11 is 0. The van der Waals surface area contributed by atoms with E-state index < -0.39 is 0 Å². The molecule has 0 aromatic carbocycles. The van der Waals surface area contributed by atoms with E-state index in [4.69, 9.17) is 9.14 Å². The number of hydrogen-bond acceptors (Lipinski definition) is 2. The van der Waals surface area contributed by atoms with Gasteiger partial charge in [0.15, 0.2) is 0 Å². The minimum absolute atomic E-state index is 0.0461. The van der Waals surface area contributed by atoms with Gasteiger partial charge < -0.3 is 9.14 Å². The van der Waals surface area contributed by atoms with E-state index in [1.165, 1.54) is 0 Å².